The molecule has 0 nitrogen and oxygen atoms in total. The zero-order valence-electron chi connectivity index (χ0n) is 14.2. The summed E-state index contributed by atoms with van der Waals surface area (Å²) in [7, 11) is 0. The van der Waals surface area contributed by atoms with Crippen LogP contribution < -0.4 is 0 Å². The van der Waals surface area contributed by atoms with Gasteiger partial charge in [0.15, 0.2) is 0 Å². The highest BCUT2D eigenvalue weighted by Crippen LogP contribution is 2.56. The molecule has 0 heteroatoms. The number of hydrogen-bond acceptors (Lipinski definition) is 0. The van der Waals surface area contributed by atoms with Crippen LogP contribution in [0.2, 0.25) is 0 Å². The van der Waals surface area contributed by atoms with Crippen LogP contribution in [0.25, 0.3) is 44.8 Å². The van der Waals surface area contributed by atoms with E-state index in [1.165, 1.54) is 54.9 Å². The Bertz CT molecular complexity index is 1230. The van der Waals surface area contributed by atoms with E-state index in [9.17, 15) is 0 Å². The Kier molecular flexibility index (Phi) is 2.19. The fourth-order valence-corrected chi connectivity index (χ4v) is 5.52. The van der Waals surface area contributed by atoms with E-state index < -0.39 is 0 Å². The summed E-state index contributed by atoms with van der Waals surface area (Å²) in [6.45, 7) is 0. The second-order valence-electron chi connectivity index (χ2n) is 7.71. The zero-order valence-corrected chi connectivity index (χ0v) is 14.2. The second-order valence-corrected chi connectivity index (χ2v) is 7.71. The van der Waals surface area contributed by atoms with Crippen molar-refractivity contribution in [3.63, 3.8) is 0 Å². The van der Waals surface area contributed by atoms with Gasteiger partial charge in [-0.15, -0.1) is 0 Å². The maximum absolute atomic E-state index is 2.44. The van der Waals surface area contributed by atoms with Crippen LogP contribution in [0.1, 0.15) is 34.1 Å². The van der Waals surface area contributed by atoms with Gasteiger partial charge in [0.1, 0.15) is 0 Å². The average Bonchev–Trinajstić information content (AvgIpc) is 2.70. The average molecular weight is 328 g/mol. The van der Waals surface area contributed by atoms with Crippen LogP contribution in [0.5, 0.6) is 0 Å². The van der Waals surface area contributed by atoms with Gasteiger partial charge in [-0.2, -0.15) is 0 Å². The molecule has 4 aromatic carbocycles. The molecule has 7 rings (SSSR count). The number of benzene rings is 4. The summed E-state index contributed by atoms with van der Waals surface area (Å²) in [6, 6.07) is 22.6. The van der Waals surface area contributed by atoms with Crippen LogP contribution in [0.4, 0.5) is 0 Å². The van der Waals surface area contributed by atoms with Crippen molar-refractivity contribution < 1.29 is 0 Å². The zero-order chi connectivity index (χ0) is 16.8. The highest BCUT2D eigenvalue weighted by molar-refractivity contribution is 6.06. The van der Waals surface area contributed by atoms with Crippen molar-refractivity contribution in [3.8, 4) is 11.1 Å². The van der Waals surface area contributed by atoms with E-state index in [-0.39, 0.29) is 0 Å². The Morgan fingerprint density at radius 2 is 1.00 bits per heavy atom. The molecule has 26 heavy (non-hydrogen) atoms. The van der Waals surface area contributed by atoms with E-state index >= 15 is 0 Å². The second kappa shape index (κ2) is 4.34. The third kappa shape index (κ3) is 1.40. The summed E-state index contributed by atoms with van der Waals surface area (Å²) in [5.41, 5.74) is 8.64. The lowest BCUT2D eigenvalue weighted by molar-refractivity contribution is 0.738. The molecule has 3 aliphatic carbocycles. The van der Waals surface area contributed by atoms with Gasteiger partial charge in [0.2, 0.25) is 0 Å². The SMILES string of the molecule is C1=C[C@@H]2c3c(ccc4cccc1c34)-c1ccc3cccc4c3c1[C@H]2C=C4. The molecule has 0 bridgehead atoms. The Balaban J connectivity index is 1.72. The molecule has 120 valence electrons. The topological polar surface area (TPSA) is 0 Å². The molecular weight excluding hydrogens is 312 g/mol. The summed E-state index contributed by atoms with van der Waals surface area (Å²) >= 11 is 0. The number of fused-ring (bicyclic) bond motifs is 2. The van der Waals surface area contributed by atoms with Crippen LogP contribution in [0.3, 0.4) is 0 Å². The Labute approximate surface area is 152 Å². The predicted molar refractivity (Wildman–Crippen MR) is 110 cm³/mol. The molecule has 0 heterocycles. The molecule has 3 aliphatic rings. The summed E-state index contributed by atoms with van der Waals surface area (Å²) in [4.78, 5) is 0. The normalized spacial score (nSPS) is 20.8. The summed E-state index contributed by atoms with van der Waals surface area (Å²) in [5, 5.41) is 5.63. The van der Waals surface area contributed by atoms with E-state index in [0.29, 0.717) is 11.8 Å². The third-order valence-electron chi connectivity index (χ3n) is 6.55. The summed E-state index contributed by atoms with van der Waals surface area (Å²) in [6.07, 6.45) is 9.54. The lowest BCUT2D eigenvalue weighted by Gasteiger charge is -2.38. The first kappa shape index (κ1) is 13.1. The van der Waals surface area contributed by atoms with E-state index in [4.69, 9.17) is 0 Å². The largest absolute Gasteiger partial charge is 0.0754 e. The quantitative estimate of drug-likeness (QED) is 0.329. The minimum absolute atomic E-state index is 0.436. The monoisotopic (exact) mass is 328 g/mol. The minimum atomic E-state index is 0.436. The van der Waals surface area contributed by atoms with Crippen molar-refractivity contribution >= 4 is 33.7 Å². The van der Waals surface area contributed by atoms with Crippen molar-refractivity contribution in [2.75, 3.05) is 0 Å². The molecule has 0 radical (unpaired) electrons. The molecule has 0 saturated heterocycles. The molecule has 2 atom stereocenters. The van der Waals surface area contributed by atoms with Gasteiger partial charge in [0, 0.05) is 11.8 Å². The Morgan fingerprint density at radius 1 is 0.500 bits per heavy atom. The van der Waals surface area contributed by atoms with E-state index in [1.54, 1.807) is 0 Å². The van der Waals surface area contributed by atoms with Crippen molar-refractivity contribution in [1.29, 1.82) is 0 Å². The van der Waals surface area contributed by atoms with Gasteiger partial charge in [0.05, 0.1) is 0 Å². The number of rotatable bonds is 0. The molecule has 0 unspecified atom stereocenters. The van der Waals surface area contributed by atoms with Crippen LogP contribution in [-0.4, -0.2) is 0 Å². The fourth-order valence-electron chi connectivity index (χ4n) is 5.52. The smallest absolute Gasteiger partial charge is 0.0138 e. The Hall–Kier alpha value is -3.12. The molecular formula is C26H16. The van der Waals surface area contributed by atoms with Gasteiger partial charge < -0.3 is 0 Å². The molecule has 0 saturated carbocycles. The van der Waals surface area contributed by atoms with Crippen LogP contribution in [0.15, 0.2) is 72.8 Å². The maximum Gasteiger partial charge on any atom is 0.0138 e. The predicted octanol–water partition coefficient (Wildman–Crippen LogP) is 6.89. The summed E-state index contributed by atoms with van der Waals surface area (Å²) < 4.78 is 0. The maximum atomic E-state index is 2.44. The standard InChI is InChI=1S/C26H16/c1-3-15-7-11-19-21-13-9-17-5-2-6-18-10-14-22(26(21)24(17)18)20-12-8-16(4-1)23(15)25(19)20/h1-14,19,21H/t19-,21-/m0/s1. The van der Waals surface area contributed by atoms with Gasteiger partial charge in [-0.1, -0.05) is 85.0 Å². The highest BCUT2D eigenvalue weighted by atomic mass is 14.4. The molecule has 4 aromatic rings. The lowest BCUT2D eigenvalue weighted by atomic mass is 9.65. The van der Waals surface area contributed by atoms with E-state index in [0.717, 1.165) is 0 Å². The number of hydrogen-bond donors (Lipinski definition) is 0. The molecule has 0 N–H and O–H groups in total. The van der Waals surface area contributed by atoms with Crippen LogP contribution in [0, 0.1) is 0 Å². The van der Waals surface area contributed by atoms with Crippen molar-refractivity contribution in [3.05, 3.63) is 95.1 Å². The molecule has 0 amide bonds. The Morgan fingerprint density at radius 3 is 1.50 bits per heavy atom. The molecule has 0 aromatic heterocycles. The first-order chi connectivity index (χ1) is 12.9. The molecule has 0 fully saturated rings. The number of allylic oxidation sites excluding steroid dienone is 2. The van der Waals surface area contributed by atoms with E-state index in [1.807, 2.05) is 0 Å². The van der Waals surface area contributed by atoms with Crippen molar-refractivity contribution in [2.24, 2.45) is 0 Å². The summed E-state index contributed by atoms with van der Waals surface area (Å²) in [5.74, 6) is 0.873. The highest BCUT2D eigenvalue weighted by Gasteiger charge is 2.36. The van der Waals surface area contributed by atoms with Gasteiger partial charge in [-0.25, -0.2) is 0 Å². The van der Waals surface area contributed by atoms with E-state index in [2.05, 4.69) is 85.0 Å². The van der Waals surface area contributed by atoms with Crippen LogP contribution >= 0.6 is 0 Å². The first-order valence-corrected chi connectivity index (χ1v) is 9.38. The third-order valence-corrected chi connectivity index (χ3v) is 6.55. The molecule has 0 aliphatic heterocycles. The van der Waals surface area contributed by atoms with Crippen LogP contribution in [-0.2, 0) is 0 Å². The minimum Gasteiger partial charge on any atom is -0.0754 e. The van der Waals surface area contributed by atoms with Gasteiger partial charge in [-0.3, -0.25) is 0 Å². The first-order valence-electron chi connectivity index (χ1n) is 9.38. The fraction of sp³-hybridized carbons (Fsp3) is 0.0769. The van der Waals surface area contributed by atoms with Gasteiger partial charge in [-0.05, 0) is 54.9 Å². The van der Waals surface area contributed by atoms with Gasteiger partial charge in [0.25, 0.3) is 0 Å². The van der Waals surface area contributed by atoms with Crippen molar-refractivity contribution in [1.82, 2.24) is 0 Å². The molecule has 0 spiro atoms. The van der Waals surface area contributed by atoms with Gasteiger partial charge >= 0.3 is 0 Å². The lowest BCUT2D eigenvalue weighted by Crippen LogP contribution is -2.19. The van der Waals surface area contributed by atoms with Crippen molar-refractivity contribution in [2.45, 2.75) is 11.8 Å².